The Morgan fingerprint density at radius 3 is 2.48 bits per heavy atom. The van der Waals surface area contributed by atoms with Crippen LogP contribution in [0.5, 0.6) is 11.5 Å². The third-order valence-electron chi connectivity index (χ3n) is 3.40. The lowest BCUT2D eigenvalue weighted by atomic mass is 10.0. The molecule has 2 rings (SSSR count). The molecular formula is C17H18ClFN2O2. The number of ether oxygens (including phenoxy) is 1. The molecule has 0 aliphatic heterocycles. The molecule has 0 heterocycles. The summed E-state index contributed by atoms with van der Waals surface area (Å²) in [6.45, 7) is 3.94. The summed E-state index contributed by atoms with van der Waals surface area (Å²) in [5.41, 5.74) is 5.50. The summed E-state index contributed by atoms with van der Waals surface area (Å²) in [5.74, 6) is 0.134. The fourth-order valence-electron chi connectivity index (χ4n) is 1.77. The van der Waals surface area contributed by atoms with Gasteiger partial charge in [0.2, 0.25) is 5.91 Å². The first-order valence-electron chi connectivity index (χ1n) is 7.05. The molecular weight excluding hydrogens is 319 g/mol. The highest BCUT2D eigenvalue weighted by Crippen LogP contribution is 2.29. The highest BCUT2D eigenvalue weighted by atomic mass is 35.5. The molecule has 0 aliphatic carbocycles. The van der Waals surface area contributed by atoms with Crippen molar-refractivity contribution < 1.29 is 13.9 Å². The Morgan fingerprint density at radius 1 is 1.26 bits per heavy atom. The number of carbonyl (C=O) groups excluding carboxylic acids is 1. The minimum absolute atomic E-state index is 0.207. The van der Waals surface area contributed by atoms with Crippen LogP contribution in [0.4, 0.5) is 4.39 Å². The van der Waals surface area contributed by atoms with Crippen molar-refractivity contribution in [2.75, 3.05) is 0 Å². The summed E-state index contributed by atoms with van der Waals surface area (Å²) in [6, 6.07) is 11.2. The van der Waals surface area contributed by atoms with Gasteiger partial charge in [-0.05, 0) is 49.7 Å². The fraction of sp³-hybridized carbons (Fsp3) is 0.235. The monoisotopic (exact) mass is 336 g/mol. The van der Waals surface area contributed by atoms with Gasteiger partial charge in [-0.25, -0.2) is 4.39 Å². The van der Waals surface area contributed by atoms with Crippen LogP contribution in [0.25, 0.3) is 0 Å². The molecule has 0 saturated heterocycles. The number of nitrogens with two attached hydrogens (primary N) is 1. The molecule has 0 atom stereocenters. The van der Waals surface area contributed by atoms with Crippen LogP contribution >= 0.6 is 11.6 Å². The summed E-state index contributed by atoms with van der Waals surface area (Å²) < 4.78 is 18.6. The zero-order valence-electron chi connectivity index (χ0n) is 12.9. The summed E-state index contributed by atoms with van der Waals surface area (Å²) >= 11 is 5.92. The summed E-state index contributed by atoms with van der Waals surface area (Å²) in [6.07, 6.45) is 0. The molecule has 4 nitrogen and oxygen atoms in total. The van der Waals surface area contributed by atoms with E-state index >= 15 is 0 Å². The molecule has 0 fully saturated rings. The minimum Gasteiger partial charge on any atom is -0.456 e. The normalized spacial score (nSPS) is 11.3. The first kappa shape index (κ1) is 17.2. The largest absolute Gasteiger partial charge is 0.456 e. The molecule has 122 valence electrons. The number of benzene rings is 2. The van der Waals surface area contributed by atoms with Crippen LogP contribution < -0.4 is 15.8 Å². The Bertz CT molecular complexity index is 702. The molecule has 0 saturated carbocycles. The molecule has 0 bridgehead atoms. The average molecular weight is 337 g/mol. The molecule has 0 radical (unpaired) electrons. The van der Waals surface area contributed by atoms with Crippen LogP contribution in [-0.2, 0) is 11.3 Å². The van der Waals surface area contributed by atoms with Gasteiger partial charge in [0.1, 0.15) is 17.3 Å². The number of hydrogen-bond donors (Lipinski definition) is 2. The van der Waals surface area contributed by atoms with Gasteiger partial charge in [0, 0.05) is 6.54 Å². The Balaban J connectivity index is 2.01. The van der Waals surface area contributed by atoms with E-state index in [2.05, 4.69) is 5.32 Å². The van der Waals surface area contributed by atoms with Gasteiger partial charge in [-0.15, -0.1) is 0 Å². The van der Waals surface area contributed by atoms with Gasteiger partial charge in [-0.2, -0.15) is 0 Å². The third-order valence-corrected chi connectivity index (χ3v) is 3.69. The summed E-state index contributed by atoms with van der Waals surface area (Å²) in [5, 5.41) is 3.29. The van der Waals surface area contributed by atoms with Gasteiger partial charge in [-0.3, -0.25) is 10.1 Å². The molecule has 0 aliphatic rings. The number of hydrogen-bond acceptors (Lipinski definition) is 3. The maximum absolute atomic E-state index is 13.0. The van der Waals surface area contributed by atoms with E-state index in [9.17, 15) is 9.18 Å². The average Bonchev–Trinajstić information content (AvgIpc) is 2.49. The molecule has 0 unspecified atom stereocenters. The zero-order chi connectivity index (χ0) is 17.0. The van der Waals surface area contributed by atoms with Crippen molar-refractivity contribution in [2.24, 2.45) is 5.73 Å². The lowest BCUT2D eigenvalue weighted by Gasteiger charge is -2.22. The van der Waals surface area contributed by atoms with Crippen molar-refractivity contribution in [1.29, 1.82) is 0 Å². The zero-order valence-corrected chi connectivity index (χ0v) is 13.7. The molecule has 0 aromatic heterocycles. The summed E-state index contributed by atoms with van der Waals surface area (Å²) in [4.78, 5) is 11.3. The SMILES string of the molecule is CC(C)(NCc1ccc(Oc2ccc(F)cc2Cl)cc1)C(N)=O. The lowest BCUT2D eigenvalue weighted by molar-refractivity contribution is -0.123. The smallest absolute Gasteiger partial charge is 0.237 e. The van der Waals surface area contributed by atoms with E-state index < -0.39 is 17.3 Å². The van der Waals surface area contributed by atoms with E-state index in [1.54, 1.807) is 26.0 Å². The third kappa shape index (κ3) is 4.68. The van der Waals surface area contributed by atoms with Crippen LogP contribution in [0, 0.1) is 5.82 Å². The van der Waals surface area contributed by atoms with Crippen LogP contribution in [0.15, 0.2) is 42.5 Å². The van der Waals surface area contributed by atoms with Crippen molar-refractivity contribution in [3.05, 3.63) is 58.9 Å². The first-order valence-corrected chi connectivity index (χ1v) is 7.42. The minimum atomic E-state index is -0.781. The molecule has 2 aromatic carbocycles. The second kappa shape index (κ2) is 6.98. The van der Waals surface area contributed by atoms with E-state index in [1.807, 2.05) is 12.1 Å². The Labute approximate surface area is 139 Å². The van der Waals surface area contributed by atoms with Gasteiger partial charge in [0.25, 0.3) is 0 Å². The molecule has 3 N–H and O–H groups in total. The highest BCUT2D eigenvalue weighted by molar-refractivity contribution is 6.32. The maximum Gasteiger partial charge on any atom is 0.237 e. The maximum atomic E-state index is 13.0. The standard InChI is InChI=1S/C17H18ClFN2O2/c1-17(2,16(20)22)21-10-11-3-6-13(7-4-11)23-15-8-5-12(19)9-14(15)18/h3-9,21H,10H2,1-2H3,(H2,20,22). The van der Waals surface area contributed by atoms with E-state index in [0.717, 1.165) is 5.56 Å². The van der Waals surface area contributed by atoms with E-state index in [4.69, 9.17) is 22.1 Å². The van der Waals surface area contributed by atoms with Crippen LogP contribution in [-0.4, -0.2) is 11.4 Å². The topological polar surface area (TPSA) is 64.3 Å². The first-order chi connectivity index (χ1) is 10.8. The highest BCUT2D eigenvalue weighted by Gasteiger charge is 2.23. The fourth-order valence-corrected chi connectivity index (χ4v) is 1.98. The quantitative estimate of drug-likeness (QED) is 0.846. The molecule has 0 spiro atoms. The molecule has 1 amide bonds. The Hall–Kier alpha value is -2.11. The van der Waals surface area contributed by atoms with Crippen LogP contribution in [0.1, 0.15) is 19.4 Å². The Morgan fingerprint density at radius 2 is 1.91 bits per heavy atom. The molecule has 2 aromatic rings. The second-order valence-corrected chi connectivity index (χ2v) is 6.07. The molecule has 6 heteroatoms. The van der Waals surface area contributed by atoms with Gasteiger partial charge in [-0.1, -0.05) is 23.7 Å². The predicted molar refractivity (Wildman–Crippen MR) is 88.0 cm³/mol. The molecule has 23 heavy (non-hydrogen) atoms. The number of carbonyl (C=O) groups is 1. The number of nitrogens with one attached hydrogen (secondary N) is 1. The van der Waals surface area contributed by atoms with Crippen molar-refractivity contribution in [1.82, 2.24) is 5.32 Å². The Kier molecular flexibility index (Phi) is 5.23. The second-order valence-electron chi connectivity index (χ2n) is 5.66. The predicted octanol–water partition coefficient (Wildman–Crippen LogP) is 3.62. The van der Waals surface area contributed by atoms with Crippen LogP contribution in [0.2, 0.25) is 5.02 Å². The number of halogens is 2. The van der Waals surface area contributed by atoms with Crippen molar-refractivity contribution >= 4 is 17.5 Å². The van der Waals surface area contributed by atoms with Crippen LogP contribution in [0.3, 0.4) is 0 Å². The van der Waals surface area contributed by atoms with E-state index in [-0.39, 0.29) is 5.02 Å². The van der Waals surface area contributed by atoms with Gasteiger partial charge in [0.05, 0.1) is 10.6 Å². The number of rotatable bonds is 6. The lowest BCUT2D eigenvalue weighted by Crippen LogP contribution is -2.50. The van der Waals surface area contributed by atoms with E-state index in [0.29, 0.717) is 18.0 Å². The van der Waals surface area contributed by atoms with Crippen molar-refractivity contribution in [2.45, 2.75) is 25.9 Å². The van der Waals surface area contributed by atoms with Crippen molar-refractivity contribution in [3.63, 3.8) is 0 Å². The van der Waals surface area contributed by atoms with E-state index in [1.165, 1.54) is 18.2 Å². The van der Waals surface area contributed by atoms with Crippen molar-refractivity contribution in [3.8, 4) is 11.5 Å². The van der Waals surface area contributed by atoms with Gasteiger partial charge < -0.3 is 10.5 Å². The van der Waals surface area contributed by atoms with Gasteiger partial charge >= 0.3 is 0 Å². The summed E-state index contributed by atoms with van der Waals surface area (Å²) in [7, 11) is 0. The number of primary amides is 1. The number of amides is 1. The van der Waals surface area contributed by atoms with Gasteiger partial charge in [0.15, 0.2) is 0 Å².